The Morgan fingerprint density at radius 3 is 2.31 bits per heavy atom. The number of nitrogens with zero attached hydrogens (tertiary/aromatic N) is 1. The summed E-state index contributed by atoms with van der Waals surface area (Å²) in [6.07, 6.45) is 0.676. The van der Waals surface area contributed by atoms with Crippen LogP contribution in [0.3, 0.4) is 0 Å². The number of rotatable bonds is 8. The summed E-state index contributed by atoms with van der Waals surface area (Å²) in [5, 5.41) is 3.02. The average Bonchev–Trinajstić information content (AvgIpc) is 3.25. The molecule has 4 aromatic rings. The lowest BCUT2D eigenvalue weighted by molar-refractivity contribution is 0.414. The first-order chi connectivity index (χ1) is 15.5. The molecule has 3 aromatic carbocycles. The summed E-state index contributed by atoms with van der Waals surface area (Å²) in [4.78, 5) is 4.57. The van der Waals surface area contributed by atoms with Crippen LogP contribution in [0, 0.1) is 6.92 Å². The Labute approximate surface area is 187 Å². The second kappa shape index (κ2) is 9.28. The molecule has 0 bridgehead atoms. The molecule has 0 spiro atoms. The van der Waals surface area contributed by atoms with E-state index in [0.29, 0.717) is 13.0 Å². The Morgan fingerprint density at radius 1 is 0.938 bits per heavy atom. The van der Waals surface area contributed by atoms with E-state index >= 15 is 0 Å². The Kier molecular flexibility index (Phi) is 6.28. The molecule has 0 unspecified atom stereocenters. The second-order valence-electron chi connectivity index (χ2n) is 7.31. The molecule has 0 amide bonds. The summed E-state index contributed by atoms with van der Waals surface area (Å²) < 4.78 is 37.8. The van der Waals surface area contributed by atoms with Gasteiger partial charge in [-0.3, -0.25) is 0 Å². The number of nitrogens with one attached hydrogen (secondary N) is 1. The van der Waals surface area contributed by atoms with Gasteiger partial charge in [-0.05, 0) is 54.8 Å². The molecule has 0 atom stereocenters. The van der Waals surface area contributed by atoms with Crippen LogP contribution < -0.4 is 10.1 Å². The van der Waals surface area contributed by atoms with E-state index in [0.717, 1.165) is 22.4 Å². The van der Waals surface area contributed by atoms with Crippen molar-refractivity contribution in [2.24, 2.45) is 0 Å². The number of sulfone groups is 1. The quantitative estimate of drug-likeness (QED) is 0.402. The van der Waals surface area contributed by atoms with Crippen molar-refractivity contribution in [3.05, 3.63) is 90.0 Å². The van der Waals surface area contributed by atoms with E-state index in [1.807, 2.05) is 55.5 Å². The van der Waals surface area contributed by atoms with Gasteiger partial charge in [-0.15, -0.1) is 0 Å². The average molecular weight is 449 g/mol. The van der Waals surface area contributed by atoms with Crippen LogP contribution in [0.1, 0.15) is 11.1 Å². The fraction of sp³-hybridized carbons (Fsp3) is 0.160. The van der Waals surface area contributed by atoms with Crippen molar-refractivity contribution in [1.82, 2.24) is 4.98 Å². The maximum atomic E-state index is 13.3. The van der Waals surface area contributed by atoms with Crippen LogP contribution >= 0.6 is 0 Å². The minimum atomic E-state index is -3.86. The van der Waals surface area contributed by atoms with Gasteiger partial charge < -0.3 is 14.5 Å². The SMILES string of the molecule is COc1ccc(CCNc2oc(-c3ccccc3C)nc2S(=O)(=O)c2ccccc2)cc1. The minimum Gasteiger partial charge on any atom is -0.497 e. The third-order valence-corrected chi connectivity index (χ3v) is 6.82. The third kappa shape index (κ3) is 4.53. The number of oxazole rings is 1. The van der Waals surface area contributed by atoms with Gasteiger partial charge in [0.25, 0.3) is 0 Å². The molecular weight excluding hydrogens is 424 g/mol. The summed E-state index contributed by atoms with van der Waals surface area (Å²) in [6.45, 7) is 2.41. The Balaban J connectivity index is 1.65. The third-order valence-electron chi connectivity index (χ3n) is 5.14. The van der Waals surface area contributed by atoms with Crippen molar-refractivity contribution in [1.29, 1.82) is 0 Å². The zero-order valence-electron chi connectivity index (χ0n) is 17.9. The summed E-state index contributed by atoms with van der Waals surface area (Å²) in [5.74, 6) is 1.20. The minimum absolute atomic E-state index is 0.114. The molecule has 0 saturated carbocycles. The van der Waals surface area contributed by atoms with Crippen molar-refractivity contribution in [2.75, 3.05) is 19.0 Å². The number of ether oxygens (including phenoxy) is 1. The maximum absolute atomic E-state index is 13.3. The number of methoxy groups -OCH3 is 1. The number of aryl methyl sites for hydroxylation is 1. The molecule has 6 nitrogen and oxygen atoms in total. The number of benzene rings is 3. The van der Waals surface area contributed by atoms with E-state index in [9.17, 15) is 8.42 Å². The van der Waals surface area contributed by atoms with E-state index in [-0.39, 0.29) is 21.7 Å². The van der Waals surface area contributed by atoms with Crippen LogP contribution in [0.2, 0.25) is 0 Å². The lowest BCUT2D eigenvalue weighted by atomic mass is 10.1. The predicted octanol–water partition coefficient (Wildman–Crippen LogP) is 5.15. The monoisotopic (exact) mass is 448 g/mol. The number of hydrogen-bond acceptors (Lipinski definition) is 6. The van der Waals surface area contributed by atoms with Crippen LogP contribution in [-0.2, 0) is 16.3 Å². The zero-order chi connectivity index (χ0) is 22.6. The van der Waals surface area contributed by atoms with Gasteiger partial charge >= 0.3 is 0 Å². The molecule has 1 N–H and O–H groups in total. The van der Waals surface area contributed by atoms with E-state index < -0.39 is 9.84 Å². The lowest BCUT2D eigenvalue weighted by Crippen LogP contribution is -2.09. The first kappa shape index (κ1) is 21.6. The molecule has 1 aromatic heterocycles. The van der Waals surface area contributed by atoms with Gasteiger partial charge in [0, 0.05) is 12.1 Å². The van der Waals surface area contributed by atoms with Crippen molar-refractivity contribution >= 4 is 15.7 Å². The highest BCUT2D eigenvalue weighted by atomic mass is 32.2. The highest BCUT2D eigenvalue weighted by Crippen LogP contribution is 2.33. The first-order valence-electron chi connectivity index (χ1n) is 10.2. The smallest absolute Gasteiger partial charge is 0.233 e. The molecule has 0 aliphatic heterocycles. The Hall–Kier alpha value is -3.58. The highest BCUT2D eigenvalue weighted by molar-refractivity contribution is 7.91. The first-order valence-corrected chi connectivity index (χ1v) is 11.7. The molecule has 0 saturated heterocycles. The predicted molar refractivity (Wildman–Crippen MR) is 124 cm³/mol. The number of anilines is 1. The molecule has 0 aliphatic carbocycles. The highest BCUT2D eigenvalue weighted by Gasteiger charge is 2.28. The van der Waals surface area contributed by atoms with Crippen LogP contribution in [0.5, 0.6) is 5.75 Å². The van der Waals surface area contributed by atoms with Gasteiger partial charge in [0.2, 0.25) is 26.6 Å². The van der Waals surface area contributed by atoms with Crippen LogP contribution in [0.15, 0.2) is 93.2 Å². The molecule has 1 heterocycles. The molecule has 0 aliphatic rings. The topological polar surface area (TPSA) is 81.4 Å². The van der Waals surface area contributed by atoms with E-state index in [1.54, 1.807) is 37.4 Å². The van der Waals surface area contributed by atoms with Gasteiger partial charge in [0.1, 0.15) is 5.75 Å². The zero-order valence-corrected chi connectivity index (χ0v) is 18.7. The van der Waals surface area contributed by atoms with Gasteiger partial charge in [-0.1, -0.05) is 48.5 Å². The molecule has 0 radical (unpaired) electrons. The second-order valence-corrected chi connectivity index (χ2v) is 9.17. The summed E-state index contributed by atoms with van der Waals surface area (Å²) in [7, 11) is -2.23. The largest absolute Gasteiger partial charge is 0.497 e. The molecule has 0 fully saturated rings. The molecular formula is C25H24N2O4S. The number of aromatic nitrogens is 1. The van der Waals surface area contributed by atoms with Gasteiger partial charge in [0.05, 0.1) is 12.0 Å². The van der Waals surface area contributed by atoms with E-state index in [4.69, 9.17) is 9.15 Å². The van der Waals surface area contributed by atoms with Crippen LogP contribution in [0.25, 0.3) is 11.5 Å². The number of hydrogen-bond donors (Lipinski definition) is 1. The summed E-state index contributed by atoms with van der Waals surface area (Å²) in [6, 6.07) is 23.6. The van der Waals surface area contributed by atoms with Crippen molar-refractivity contribution < 1.29 is 17.6 Å². The fourth-order valence-electron chi connectivity index (χ4n) is 3.35. The van der Waals surface area contributed by atoms with Crippen LogP contribution in [-0.4, -0.2) is 27.1 Å². The summed E-state index contributed by atoms with van der Waals surface area (Å²) >= 11 is 0. The standard InChI is InChI=1S/C25H24N2O4S/c1-18-8-6-7-11-22(18)23-27-25(32(28,29)21-9-4-3-5-10-21)24(31-23)26-17-16-19-12-14-20(30-2)15-13-19/h3-15,26H,16-17H2,1-2H3. The van der Waals surface area contributed by atoms with Gasteiger partial charge in [0.15, 0.2) is 0 Å². The maximum Gasteiger partial charge on any atom is 0.233 e. The molecule has 32 heavy (non-hydrogen) atoms. The van der Waals surface area contributed by atoms with Crippen LogP contribution in [0.4, 0.5) is 5.88 Å². The normalized spacial score (nSPS) is 11.3. The van der Waals surface area contributed by atoms with Gasteiger partial charge in [-0.25, -0.2) is 8.42 Å². The lowest BCUT2D eigenvalue weighted by Gasteiger charge is -2.07. The molecule has 164 valence electrons. The fourth-order valence-corrected chi connectivity index (χ4v) is 4.65. The Morgan fingerprint density at radius 2 is 1.62 bits per heavy atom. The Bertz CT molecular complexity index is 1300. The van der Waals surface area contributed by atoms with Gasteiger partial charge in [-0.2, -0.15) is 4.98 Å². The van der Waals surface area contributed by atoms with E-state index in [1.165, 1.54) is 0 Å². The molecule has 7 heteroatoms. The van der Waals surface area contributed by atoms with E-state index in [2.05, 4.69) is 10.3 Å². The van der Waals surface area contributed by atoms with Crippen molar-refractivity contribution in [3.8, 4) is 17.2 Å². The molecule has 4 rings (SSSR count). The summed E-state index contributed by atoms with van der Waals surface area (Å²) in [5.41, 5.74) is 2.78. The van der Waals surface area contributed by atoms with Crippen molar-refractivity contribution in [3.63, 3.8) is 0 Å². The van der Waals surface area contributed by atoms with Crippen molar-refractivity contribution in [2.45, 2.75) is 23.3 Å².